The topological polar surface area (TPSA) is 83.7 Å². The van der Waals surface area contributed by atoms with Gasteiger partial charge in [-0.05, 0) is 44.9 Å². The van der Waals surface area contributed by atoms with Crippen molar-refractivity contribution in [3.8, 4) is 0 Å². The fourth-order valence-corrected chi connectivity index (χ4v) is 5.05. The number of amides is 1. The second-order valence-electron chi connectivity index (χ2n) is 7.03. The Balaban J connectivity index is 1.68. The maximum Gasteiger partial charge on any atom is 0.243 e. The Morgan fingerprint density at radius 3 is 2.37 bits per heavy atom. The number of carbonyl (C=O) groups is 1. The standard InChI is InChI=1S/C19H25N3O4S/c1-13-5-6-14(2)18(11-13)27(24,25)22-9-7-21(8-10-22)19(23)12-17-15(3)20-26-16(17)4/h5-6,11H,7-10,12H2,1-4H3. The van der Waals surface area contributed by atoms with Gasteiger partial charge in [0.15, 0.2) is 0 Å². The highest BCUT2D eigenvalue weighted by molar-refractivity contribution is 7.89. The molecule has 1 amide bonds. The lowest BCUT2D eigenvalue weighted by molar-refractivity contribution is -0.131. The molecule has 1 aromatic carbocycles. The predicted molar refractivity (Wildman–Crippen MR) is 101 cm³/mol. The summed E-state index contributed by atoms with van der Waals surface area (Å²) in [5.74, 6) is 0.616. The van der Waals surface area contributed by atoms with E-state index in [1.807, 2.05) is 26.0 Å². The van der Waals surface area contributed by atoms with Crippen molar-refractivity contribution in [1.82, 2.24) is 14.4 Å². The van der Waals surface area contributed by atoms with E-state index in [0.29, 0.717) is 36.8 Å². The third-order valence-electron chi connectivity index (χ3n) is 5.06. The van der Waals surface area contributed by atoms with Crippen LogP contribution in [0.2, 0.25) is 0 Å². The minimum atomic E-state index is -3.56. The normalized spacial score (nSPS) is 15.9. The van der Waals surface area contributed by atoms with Crippen LogP contribution < -0.4 is 0 Å². The number of rotatable bonds is 4. The van der Waals surface area contributed by atoms with Crippen LogP contribution in [0.1, 0.15) is 28.1 Å². The molecule has 1 aliphatic heterocycles. The van der Waals surface area contributed by atoms with Crippen molar-refractivity contribution in [3.63, 3.8) is 0 Å². The van der Waals surface area contributed by atoms with Crippen molar-refractivity contribution in [2.75, 3.05) is 26.2 Å². The highest BCUT2D eigenvalue weighted by Crippen LogP contribution is 2.23. The molecule has 0 spiro atoms. The van der Waals surface area contributed by atoms with Crippen LogP contribution in [0, 0.1) is 27.7 Å². The number of nitrogens with zero attached hydrogens (tertiary/aromatic N) is 3. The molecular weight excluding hydrogens is 366 g/mol. The lowest BCUT2D eigenvalue weighted by Crippen LogP contribution is -2.51. The largest absolute Gasteiger partial charge is 0.361 e. The summed E-state index contributed by atoms with van der Waals surface area (Å²) in [5, 5.41) is 3.87. The van der Waals surface area contributed by atoms with Crippen molar-refractivity contribution in [2.45, 2.75) is 39.0 Å². The molecule has 0 radical (unpaired) electrons. The summed E-state index contributed by atoms with van der Waals surface area (Å²) >= 11 is 0. The molecule has 1 aromatic heterocycles. The molecule has 3 rings (SSSR count). The first-order chi connectivity index (χ1) is 12.7. The van der Waals surface area contributed by atoms with Gasteiger partial charge >= 0.3 is 0 Å². The van der Waals surface area contributed by atoms with Gasteiger partial charge in [-0.2, -0.15) is 4.31 Å². The van der Waals surface area contributed by atoms with Gasteiger partial charge in [0.05, 0.1) is 17.0 Å². The molecule has 0 unspecified atom stereocenters. The Morgan fingerprint density at radius 2 is 1.78 bits per heavy atom. The average Bonchev–Trinajstić information content (AvgIpc) is 2.95. The van der Waals surface area contributed by atoms with Gasteiger partial charge < -0.3 is 9.42 Å². The quantitative estimate of drug-likeness (QED) is 0.796. The second-order valence-corrected chi connectivity index (χ2v) is 8.94. The minimum Gasteiger partial charge on any atom is -0.361 e. The molecule has 0 N–H and O–H groups in total. The first-order valence-corrected chi connectivity index (χ1v) is 10.4. The minimum absolute atomic E-state index is 0.0341. The van der Waals surface area contributed by atoms with Crippen LogP contribution in [0.5, 0.6) is 0 Å². The summed E-state index contributed by atoms with van der Waals surface area (Å²) in [4.78, 5) is 14.6. The van der Waals surface area contributed by atoms with E-state index in [-0.39, 0.29) is 12.3 Å². The zero-order valence-corrected chi connectivity index (χ0v) is 17.0. The Kier molecular flexibility index (Phi) is 5.39. The molecule has 2 aromatic rings. The Labute approximate surface area is 160 Å². The molecule has 1 fully saturated rings. The van der Waals surface area contributed by atoms with E-state index >= 15 is 0 Å². The van der Waals surface area contributed by atoms with Gasteiger partial charge in [0.25, 0.3) is 0 Å². The SMILES string of the molecule is Cc1ccc(C)c(S(=O)(=O)N2CCN(C(=O)Cc3c(C)noc3C)CC2)c1. The fourth-order valence-electron chi connectivity index (χ4n) is 3.32. The number of sulfonamides is 1. The van der Waals surface area contributed by atoms with E-state index in [2.05, 4.69) is 5.16 Å². The molecule has 7 nitrogen and oxygen atoms in total. The molecule has 1 saturated heterocycles. The average molecular weight is 391 g/mol. The first-order valence-electron chi connectivity index (χ1n) is 8.97. The van der Waals surface area contributed by atoms with E-state index in [0.717, 1.165) is 22.4 Å². The summed E-state index contributed by atoms with van der Waals surface area (Å²) in [6.07, 6.45) is 0.227. The number of hydrogen-bond acceptors (Lipinski definition) is 5. The fraction of sp³-hybridized carbons (Fsp3) is 0.474. The van der Waals surface area contributed by atoms with Crippen LogP contribution >= 0.6 is 0 Å². The van der Waals surface area contributed by atoms with Gasteiger partial charge in [0, 0.05) is 31.7 Å². The highest BCUT2D eigenvalue weighted by Gasteiger charge is 2.31. The van der Waals surface area contributed by atoms with Gasteiger partial charge in [0.2, 0.25) is 15.9 Å². The Hall–Kier alpha value is -2.19. The summed E-state index contributed by atoms with van der Waals surface area (Å²) in [7, 11) is -3.56. The molecule has 0 aliphatic carbocycles. The monoisotopic (exact) mass is 391 g/mol. The van der Waals surface area contributed by atoms with E-state index < -0.39 is 10.0 Å². The van der Waals surface area contributed by atoms with Crippen molar-refractivity contribution < 1.29 is 17.7 Å². The van der Waals surface area contributed by atoms with E-state index in [1.165, 1.54) is 4.31 Å². The number of hydrogen-bond donors (Lipinski definition) is 0. The molecule has 27 heavy (non-hydrogen) atoms. The van der Waals surface area contributed by atoms with E-state index in [9.17, 15) is 13.2 Å². The van der Waals surface area contributed by atoms with Crippen LogP contribution in [-0.4, -0.2) is 54.9 Å². The van der Waals surface area contributed by atoms with Crippen LogP contribution in [0.4, 0.5) is 0 Å². The zero-order chi connectivity index (χ0) is 19.8. The van der Waals surface area contributed by atoms with Gasteiger partial charge in [-0.1, -0.05) is 17.3 Å². The second kappa shape index (κ2) is 7.44. The van der Waals surface area contributed by atoms with E-state index in [4.69, 9.17) is 4.52 Å². The van der Waals surface area contributed by atoms with Crippen molar-refractivity contribution >= 4 is 15.9 Å². The molecular formula is C19H25N3O4S. The predicted octanol–water partition coefficient (Wildman–Crippen LogP) is 1.98. The van der Waals surface area contributed by atoms with Gasteiger partial charge in [0.1, 0.15) is 5.76 Å². The number of carbonyl (C=O) groups excluding carboxylic acids is 1. The lowest BCUT2D eigenvalue weighted by Gasteiger charge is -2.34. The highest BCUT2D eigenvalue weighted by atomic mass is 32.2. The number of aromatic nitrogens is 1. The summed E-state index contributed by atoms with van der Waals surface area (Å²) in [6.45, 7) is 8.63. The maximum absolute atomic E-state index is 13.0. The van der Waals surface area contributed by atoms with E-state index in [1.54, 1.807) is 24.8 Å². The molecule has 146 valence electrons. The lowest BCUT2D eigenvalue weighted by atomic mass is 10.1. The zero-order valence-electron chi connectivity index (χ0n) is 16.2. The van der Waals surface area contributed by atoms with Crippen LogP contribution in [0.25, 0.3) is 0 Å². The van der Waals surface area contributed by atoms with Crippen molar-refractivity contribution in [2.24, 2.45) is 0 Å². The molecule has 0 saturated carbocycles. The van der Waals surface area contributed by atoms with Gasteiger partial charge in [-0.3, -0.25) is 4.79 Å². The summed E-state index contributed by atoms with van der Waals surface area (Å²) in [6, 6.07) is 5.44. The van der Waals surface area contributed by atoms with Gasteiger partial charge in [-0.25, -0.2) is 8.42 Å². The first kappa shape index (κ1) is 19.6. The number of aryl methyl sites for hydroxylation is 4. The summed E-state index contributed by atoms with van der Waals surface area (Å²) < 4.78 is 32.5. The van der Waals surface area contributed by atoms with Crippen LogP contribution in [-0.2, 0) is 21.2 Å². The van der Waals surface area contributed by atoms with Crippen molar-refractivity contribution in [3.05, 3.63) is 46.3 Å². The molecule has 8 heteroatoms. The van der Waals surface area contributed by atoms with Crippen LogP contribution in [0.15, 0.2) is 27.6 Å². The Bertz CT molecular complexity index is 938. The third kappa shape index (κ3) is 3.91. The number of piperazine rings is 1. The van der Waals surface area contributed by atoms with Gasteiger partial charge in [-0.15, -0.1) is 0 Å². The maximum atomic E-state index is 13.0. The smallest absolute Gasteiger partial charge is 0.243 e. The van der Waals surface area contributed by atoms with Crippen molar-refractivity contribution in [1.29, 1.82) is 0 Å². The third-order valence-corrected chi connectivity index (χ3v) is 7.10. The molecule has 2 heterocycles. The number of benzene rings is 1. The molecule has 0 atom stereocenters. The molecule has 0 bridgehead atoms. The Morgan fingerprint density at radius 1 is 1.11 bits per heavy atom. The summed E-state index contributed by atoms with van der Waals surface area (Å²) in [5.41, 5.74) is 3.17. The molecule has 1 aliphatic rings. The van der Waals surface area contributed by atoms with Crippen LogP contribution in [0.3, 0.4) is 0 Å².